The van der Waals surface area contributed by atoms with Gasteiger partial charge in [-0.25, -0.2) is 4.39 Å². The second kappa shape index (κ2) is 6.89. The van der Waals surface area contributed by atoms with Crippen LogP contribution in [-0.4, -0.2) is 19.5 Å². The summed E-state index contributed by atoms with van der Waals surface area (Å²) in [4.78, 5) is 0. The van der Waals surface area contributed by atoms with E-state index in [1.165, 1.54) is 18.4 Å². The third-order valence-corrected chi connectivity index (χ3v) is 5.82. The largest absolute Gasteiger partial charge is 0.353 e. The van der Waals surface area contributed by atoms with Crippen molar-refractivity contribution in [3.63, 3.8) is 0 Å². The molecule has 0 spiro atoms. The molecular formula is C22H25FO2. The quantitative estimate of drug-likeness (QED) is 0.738. The third kappa shape index (κ3) is 3.49. The zero-order valence-electron chi connectivity index (χ0n) is 14.9. The molecule has 2 atom stereocenters. The Labute approximate surface area is 149 Å². The number of halogens is 1. The Kier molecular flexibility index (Phi) is 4.61. The molecule has 0 radical (unpaired) electrons. The van der Waals surface area contributed by atoms with Crippen LogP contribution in [0.4, 0.5) is 4.39 Å². The fourth-order valence-corrected chi connectivity index (χ4v) is 4.18. The van der Waals surface area contributed by atoms with Crippen LogP contribution in [0.2, 0.25) is 0 Å². The number of hydrogen-bond donors (Lipinski definition) is 0. The molecule has 2 aliphatic rings. The van der Waals surface area contributed by atoms with Gasteiger partial charge >= 0.3 is 0 Å². The van der Waals surface area contributed by atoms with Gasteiger partial charge in [-0.05, 0) is 72.8 Å². The second-order valence-corrected chi connectivity index (χ2v) is 7.51. The summed E-state index contributed by atoms with van der Waals surface area (Å²) in [5.41, 5.74) is 4.05. The molecule has 1 aliphatic carbocycles. The average Bonchev–Trinajstić information content (AvgIpc) is 2.96. The standard InChI is InChI=1S/C22H25FO2/c1-14-3-4-18(11-22(14)23)16-5-7-17(8-6-16)19-9-20-12-24-15(2)25-13-21(20)10-19/h3-8,11,15,19-21H,9-10,12-13H2,1-2H3. The molecule has 1 saturated carbocycles. The zero-order chi connectivity index (χ0) is 17.4. The SMILES string of the molecule is Cc1ccc(-c2ccc(C3CC4COC(C)OCC4C3)cc2)cc1F. The molecule has 2 aromatic rings. The maximum atomic E-state index is 13.8. The lowest BCUT2D eigenvalue weighted by atomic mass is 9.94. The highest BCUT2D eigenvalue weighted by Crippen LogP contribution is 2.44. The number of benzene rings is 2. The Morgan fingerprint density at radius 1 is 0.880 bits per heavy atom. The second-order valence-electron chi connectivity index (χ2n) is 7.51. The summed E-state index contributed by atoms with van der Waals surface area (Å²) < 4.78 is 25.3. The van der Waals surface area contributed by atoms with E-state index in [0.717, 1.165) is 24.3 Å². The van der Waals surface area contributed by atoms with Gasteiger partial charge in [-0.3, -0.25) is 0 Å². The highest BCUT2D eigenvalue weighted by atomic mass is 19.1. The van der Waals surface area contributed by atoms with Crippen molar-refractivity contribution < 1.29 is 13.9 Å². The van der Waals surface area contributed by atoms with E-state index in [2.05, 4.69) is 24.3 Å². The molecule has 1 saturated heterocycles. The first-order valence-corrected chi connectivity index (χ1v) is 9.20. The zero-order valence-corrected chi connectivity index (χ0v) is 14.9. The molecule has 0 aromatic heterocycles. The van der Waals surface area contributed by atoms with Crippen molar-refractivity contribution in [3.05, 3.63) is 59.4 Å². The van der Waals surface area contributed by atoms with Gasteiger partial charge in [0.2, 0.25) is 0 Å². The minimum absolute atomic E-state index is 0.0711. The lowest BCUT2D eigenvalue weighted by molar-refractivity contribution is -0.118. The molecule has 0 amide bonds. The van der Waals surface area contributed by atoms with Gasteiger partial charge in [0.25, 0.3) is 0 Å². The van der Waals surface area contributed by atoms with E-state index >= 15 is 0 Å². The smallest absolute Gasteiger partial charge is 0.154 e. The van der Waals surface area contributed by atoms with Crippen LogP contribution in [0.1, 0.15) is 36.8 Å². The van der Waals surface area contributed by atoms with Crippen molar-refractivity contribution in [2.45, 2.75) is 38.9 Å². The van der Waals surface area contributed by atoms with E-state index in [1.807, 2.05) is 19.1 Å². The van der Waals surface area contributed by atoms with E-state index in [1.54, 1.807) is 13.0 Å². The fraction of sp³-hybridized carbons (Fsp3) is 0.455. The predicted molar refractivity (Wildman–Crippen MR) is 96.9 cm³/mol. The lowest BCUT2D eigenvalue weighted by Crippen LogP contribution is -2.13. The van der Waals surface area contributed by atoms with E-state index in [4.69, 9.17) is 9.47 Å². The highest BCUT2D eigenvalue weighted by molar-refractivity contribution is 5.64. The van der Waals surface area contributed by atoms with Gasteiger partial charge in [0.1, 0.15) is 5.82 Å². The van der Waals surface area contributed by atoms with Crippen LogP contribution in [0, 0.1) is 24.6 Å². The van der Waals surface area contributed by atoms with Crippen molar-refractivity contribution in [1.82, 2.24) is 0 Å². The average molecular weight is 340 g/mol. The van der Waals surface area contributed by atoms with Crippen molar-refractivity contribution in [1.29, 1.82) is 0 Å². The number of rotatable bonds is 2. The van der Waals surface area contributed by atoms with Crippen LogP contribution in [0.15, 0.2) is 42.5 Å². The minimum atomic E-state index is -0.147. The molecule has 4 rings (SSSR count). The first-order chi connectivity index (χ1) is 12.1. The van der Waals surface area contributed by atoms with Crippen LogP contribution in [0.25, 0.3) is 11.1 Å². The predicted octanol–water partition coefficient (Wildman–Crippen LogP) is 5.30. The third-order valence-electron chi connectivity index (χ3n) is 5.82. The van der Waals surface area contributed by atoms with Crippen LogP contribution in [0.3, 0.4) is 0 Å². The first kappa shape index (κ1) is 16.7. The van der Waals surface area contributed by atoms with E-state index in [0.29, 0.717) is 23.3 Å². The molecular weight excluding hydrogens is 315 g/mol. The normalized spacial score (nSPS) is 29.2. The summed E-state index contributed by atoms with van der Waals surface area (Å²) in [7, 11) is 0. The number of fused-ring (bicyclic) bond motifs is 1. The molecule has 132 valence electrons. The van der Waals surface area contributed by atoms with E-state index in [9.17, 15) is 4.39 Å². The molecule has 0 bridgehead atoms. The van der Waals surface area contributed by atoms with Gasteiger partial charge in [0.15, 0.2) is 6.29 Å². The Hall–Kier alpha value is -1.71. The number of aryl methyl sites for hydroxylation is 1. The van der Waals surface area contributed by atoms with Gasteiger partial charge in [-0.1, -0.05) is 36.4 Å². The van der Waals surface area contributed by atoms with Crippen molar-refractivity contribution in [2.75, 3.05) is 13.2 Å². The summed E-state index contributed by atoms with van der Waals surface area (Å²) in [6.45, 7) is 5.38. The summed E-state index contributed by atoms with van der Waals surface area (Å²) in [5, 5.41) is 0. The summed E-state index contributed by atoms with van der Waals surface area (Å²) >= 11 is 0. The Morgan fingerprint density at radius 2 is 1.48 bits per heavy atom. The molecule has 3 heteroatoms. The van der Waals surface area contributed by atoms with Crippen molar-refractivity contribution in [2.24, 2.45) is 11.8 Å². The van der Waals surface area contributed by atoms with Crippen LogP contribution < -0.4 is 0 Å². The molecule has 2 aromatic carbocycles. The maximum absolute atomic E-state index is 13.8. The van der Waals surface area contributed by atoms with Gasteiger partial charge in [0.05, 0.1) is 13.2 Å². The maximum Gasteiger partial charge on any atom is 0.154 e. The van der Waals surface area contributed by atoms with Gasteiger partial charge in [0, 0.05) is 0 Å². The molecule has 2 nitrogen and oxygen atoms in total. The van der Waals surface area contributed by atoms with Gasteiger partial charge in [-0.2, -0.15) is 0 Å². The van der Waals surface area contributed by atoms with Gasteiger partial charge < -0.3 is 9.47 Å². The molecule has 2 fully saturated rings. The topological polar surface area (TPSA) is 18.5 Å². The molecule has 1 aliphatic heterocycles. The number of hydrogen-bond acceptors (Lipinski definition) is 2. The molecule has 25 heavy (non-hydrogen) atoms. The Bertz CT molecular complexity index is 724. The minimum Gasteiger partial charge on any atom is -0.353 e. The van der Waals surface area contributed by atoms with Crippen LogP contribution >= 0.6 is 0 Å². The summed E-state index contributed by atoms with van der Waals surface area (Å²) in [6, 6.07) is 14.1. The first-order valence-electron chi connectivity index (χ1n) is 9.20. The highest BCUT2D eigenvalue weighted by Gasteiger charge is 2.37. The van der Waals surface area contributed by atoms with Gasteiger partial charge in [-0.15, -0.1) is 0 Å². The van der Waals surface area contributed by atoms with E-state index in [-0.39, 0.29) is 12.1 Å². The van der Waals surface area contributed by atoms with E-state index < -0.39 is 0 Å². The number of ether oxygens (including phenoxy) is 2. The molecule has 0 N–H and O–H groups in total. The molecule has 2 unspecified atom stereocenters. The monoisotopic (exact) mass is 340 g/mol. The summed E-state index contributed by atoms with van der Waals surface area (Å²) in [6.07, 6.45) is 2.26. The Morgan fingerprint density at radius 3 is 2.08 bits per heavy atom. The van der Waals surface area contributed by atoms with Crippen molar-refractivity contribution in [3.8, 4) is 11.1 Å². The van der Waals surface area contributed by atoms with Crippen molar-refractivity contribution >= 4 is 0 Å². The van der Waals surface area contributed by atoms with Crippen LogP contribution in [0.5, 0.6) is 0 Å². The van der Waals surface area contributed by atoms with Crippen LogP contribution in [-0.2, 0) is 9.47 Å². The molecule has 1 heterocycles. The lowest BCUT2D eigenvalue weighted by Gasteiger charge is -2.14. The fourth-order valence-electron chi connectivity index (χ4n) is 4.18. The Balaban J connectivity index is 1.48. The summed E-state index contributed by atoms with van der Waals surface area (Å²) in [5.74, 6) is 1.62.